The van der Waals surface area contributed by atoms with Crippen LogP contribution >= 0.6 is 0 Å². The van der Waals surface area contributed by atoms with Gasteiger partial charge in [-0.3, -0.25) is 19.3 Å². The van der Waals surface area contributed by atoms with Crippen LogP contribution in [-0.4, -0.2) is 53.9 Å². The van der Waals surface area contributed by atoms with E-state index in [1.807, 2.05) is 25.9 Å². The summed E-state index contributed by atoms with van der Waals surface area (Å²) in [7, 11) is 1.90. The fourth-order valence-electron chi connectivity index (χ4n) is 4.79. The summed E-state index contributed by atoms with van der Waals surface area (Å²) in [6.07, 6.45) is -4.44. The van der Waals surface area contributed by atoms with Gasteiger partial charge in [0, 0.05) is 43.0 Å². The number of likely N-dealkylation sites (N-methyl/N-ethyl adjacent to an activating group) is 1. The van der Waals surface area contributed by atoms with E-state index in [0.717, 1.165) is 12.1 Å². The molecule has 0 saturated carbocycles. The number of benzene rings is 2. The number of nitrogens with one attached hydrogen (secondary N) is 2. The molecule has 41 heavy (non-hydrogen) atoms. The molecule has 2 amide bonds. The average molecular weight is 582 g/mol. The van der Waals surface area contributed by atoms with E-state index < -0.39 is 63.3 Å². The molecule has 1 aromatic heterocycles. The lowest BCUT2D eigenvalue weighted by Gasteiger charge is -2.44. The van der Waals surface area contributed by atoms with E-state index in [4.69, 9.17) is 5.73 Å². The van der Waals surface area contributed by atoms with Gasteiger partial charge in [0.1, 0.15) is 23.0 Å². The minimum atomic E-state index is -5.04. The maximum atomic E-state index is 15.5. The molecule has 2 atom stereocenters. The summed E-state index contributed by atoms with van der Waals surface area (Å²) in [5, 5.41) is 2.35. The Kier molecular flexibility index (Phi) is 7.89. The van der Waals surface area contributed by atoms with Crippen LogP contribution in [-0.2, 0) is 6.18 Å². The molecule has 4 rings (SSSR count). The maximum Gasteiger partial charge on any atom is 0.417 e. The minimum absolute atomic E-state index is 0.0365. The molecule has 1 fully saturated rings. The fraction of sp³-hybridized carbons (Fsp3) is 0.296. The van der Waals surface area contributed by atoms with Gasteiger partial charge in [0.2, 0.25) is 5.56 Å². The zero-order valence-electron chi connectivity index (χ0n) is 22.0. The number of piperazine rings is 1. The Labute approximate surface area is 229 Å². The molecule has 2 aromatic carbocycles. The number of nitrogens with zero attached hydrogens (tertiary/aromatic N) is 2. The summed E-state index contributed by atoms with van der Waals surface area (Å²) in [6, 6.07) is 3.56. The number of nitrogens with two attached hydrogens (primary N) is 1. The molecule has 3 aromatic rings. The van der Waals surface area contributed by atoms with Crippen LogP contribution in [0.15, 0.2) is 41.3 Å². The summed E-state index contributed by atoms with van der Waals surface area (Å²) in [4.78, 5) is 41.9. The van der Waals surface area contributed by atoms with Crippen molar-refractivity contribution in [3.8, 4) is 11.1 Å². The van der Waals surface area contributed by atoms with E-state index in [1.165, 1.54) is 0 Å². The third kappa shape index (κ3) is 5.92. The summed E-state index contributed by atoms with van der Waals surface area (Å²) >= 11 is 0. The quantitative estimate of drug-likeness (QED) is 0.388. The number of H-pyrrole nitrogens is 1. The van der Waals surface area contributed by atoms with E-state index in [2.05, 4.69) is 10.2 Å². The lowest BCUT2D eigenvalue weighted by Crippen LogP contribution is -2.55. The van der Waals surface area contributed by atoms with Gasteiger partial charge in [0.25, 0.3) is 11.8 Å². The number of aromatic nitrogens is 1. The number of aromatic amines is 1. The molecule has 8 nitrogen and oxygen atoms in total. The van der Waals surface area contributed by atoms with Crippen molar-refractivity contribution < 1.29 is 35.9 Å². The zero-order valence-corrected chi connectivity index (χ0v) is 22.0. The number of primary amides is 1. The van der Waals surface area contributed by atoms with Crippen LogP contribution < -0.4 is 21.5 Å². The van der Waals surface area contributed by atoms with Gasteiger partial charge in [-0.25, -0.2) is 13.2 Å². The van der Waals surface area contributed by atoms with Crippen LogP contribution in [0, 0.1) is 17.5 Å². The van der Waals surface area contributed by atoms with Crippen LogP contribution in [0.5, 0.6) is 0 Å². The number of alkyl halides is 3. The lowest BCUT2D eigenvalue weighted by molar-refractivity contribution is -0.138. The smallest absolute Gasteiger partial charge is 0.367 e. The van der Waals surface area contributed by atoms with E-state index in [-0.39, 0.29) is 35.1 Å². The van der Waals surface area contributed by atoms with E-state index in [0.29, 0.717) is 31.4 Å². The number of hydrogen-bond acceptors (Lipinski definition) is 5. The summed E-state index contributed by atoms with van der Waals surface area (Å²) in [6.45, 7) is 4.53. The number of hydrogen-bond donors (Lipinski definition) is 3. The second-order valence-electron chi connectivity index (χ2n) is 9.87. The monoisotopic (exact) mass is 581 g/mol. The normalized spacial score (nSPS) is 17.9. The SMILES string of the molecule is C[C@@H]1CN(c2cc(F)c(-c3cc(F)c(C(N)=O)c(F)c3)cc2NC(=O)c2c[nH]c(=O)cc2C(F)(F)F)C[C@H](C)N1C. The van der Waals surface area contributed by atoms with Crippen LogP contribution in [0.25, 0.3) is 11.1 Å². The third-order valence-corrected chi connectivity index (χ3v) is 7.11. The van der Waals surface area contributed by atoms with Crippen LogP contribution in [0.2, 0.25) is 0 Å². The second kappa shape index (κ2) is 10.9. The van der Waals surface area contributed by atoms with Crippen molar-refractivity contribution in [1.29, 1.82) is 0 Å². The van der Waals surface area contributed by atoms with E-state index in [1.54, 1.807) is 4.90 Å². The van der Waals surface area contributed by atoms with Crippen molar-refractivity contribution in [3.63, 3.8) is 0 Å². The Morgan fingerprint density at radius 2 is 1.56 bits per heavy atom. The average Bonchev–Trinajstić information content (AvgIpc) is 2.86. The molecule has 1 aliphatic heterocycles. The predicted octanol–water partition coefficient (Wildman–Crippen LogP) is 4.36. The number of halogens is 6. The van der Waals surface area contributed by atoms with Crippen molar-refractivity contribution >= 4 is 23.2 Å². The first-order chi connectivity index (χ1) is 19.1. The molecular formula is C27H25F6N5O3. The Bertz CT molecular complexity index is 1550. The summed E-state index contributed by atoms with van der Waals surface area (Å²) in [5.74, 6) is -6.32. The molecule has 14 heteroatoms. The number of anilines is 2. The summed E-state index contributed by atoms with van der Waals surface area (Å²) in [5.41, 5.74) is -0.319. The van der Waals surface area contributed by atoms with Gasteiger partial charge in [-0.05, 0) is 50.7 Å². The van der Waals surface area contributed by atoms with Crippen molar-refractivity contribution in [3.05, 3.63) is 81.0 Å². The van der Waals surface area contributed by atoms with Crippen LogP contribution in [0.1, 0.15) is 40.1 Å². The molecule has 1 aliphatic rings. The standard InChI is InChI=1S/C27H25F6N5O3/c1-12-10-38(11-13(2)37(12)3)22-8-18(28)15(14-4-19(29)24(25(34)40)20(30)5-14)6-21(22)36-26(41)16-9-35-23(39)7-17(16)27(31,32)33/h4-9,12-13H,10-11H2,1-3H3,(H2,34,40)(H,35,39)(H,36,41)/t12-,13+. The molecule has 0 radical (unpaired) electrons. The Morgan fingerprint density at radius 3 is 2.10 bits per heavy atom. The van der Waals surface area contributed by atoms with Gasteiger partial charge in [0.05, 0.1) is 22.5 Å². The Balaban J connectivity index is 1.87. The highest BCUT2D eigenvalue weighted by Crippen LogP contribution is 2.38. The molecule has 0 unspecified atom stereocenters. The molecule has 0 bridgehead atoms. The van der Waals surface area contributed by atoms with Crippen molar-refractivity contribution in [2.45, 2.75) is 32.1 Å². The number of carbonyl (C=O) groups is 2. The molecule has 0 spiro atoms. The van der Waals surface area contributed by atoms with Crippen LogP contribution in [0.3, 0.4) is 0 Å². The highest BCUT2D eigenvalue weighted by molar-refractivity contribution is 6.07. The molecular weight excluding hydrogens is 556 g/mol. The maximum absolute atomic E-state index is 15.5. The zero-order chi connectivity index (χ0) is 30.4. The first kappa shape index (κ1) is 29.6. The predicted molar refractivity (Wildman–Crippen MR) is 139 cm³/mol. The lowest BCUT2D eigenvalue weighted by atomic mass is 9.99. The van der Waals surface area contributed by atoms with Gasteiger partial charge in [-0.15, -0.1) is 0 Å². The first-order valence-corrected chi connectivity index (χ1v) is 12.3. The first-order valence-electron chi connectivity index (χ1n) is 12.3. The highest BCUT2D eigenvalue weighted by atomic mass is 19.4. The van der Waals surface area contributed by atoms with Gasteiger partial charge < -0.3 is 20.9 Å². The van der Waals surface area contributed by atoms with Crippen molar-refractivity contribution in [1.82, 2.24) is 9.88 Å². The van der Waals surface area contributed by atoms with Gasteiger partial charge in [-0.1, -0.05) is 0 Å². The summed E-state index contributed by atoms with van der Waals surface area (Å²) < 4.78 is 85.4. The minimum Gasteiger partial charge on any atom is -0.367 e. The number of rotatable bonds is 5. The van der Waals surface area contributed by atoms with Crippen LogP contribution in [0.4, 0.5) is 37.7 Å². The fourth-order valence-corrected chi connectivity index (χ4v) is 4.79. The van der Waals surface area contributed by atoms with Gasteiger partial charge in [-0.2, -0.15) is 13.2 Å². The number of pyridine rings is 1. The largest absolute Gasteiger partial charge is 0.417 e. The molecule has 218 valence electrons. The molecule has 1 saturated heterocycles. The molecule has 2 heterocycles. The number of carbonyl (C=O) groups excluding carboxylic acids is 2. The van der Waals surface area contributed by atoms with Gasteiger partial charge in [0.15, 0.2) is 0 Å². The van der Waals surface area contributed by atoms with Crippen molar-refractivity contribution in [2.24, 2.45) is 5.73 Å². The van der Waals surface area contributed by atoms with Crippen molar-refractivity contribution in [2.75, 3.05) is 30.4 Å². The Morgan fingerprint density at radius 1 is 0.976 bits per heavy atom. The Hall–Kier alpha value is -4.33. The highest BCUT2D eigenvalue weighted by Gasteiger charge is 2.36. The van der Waals surface area contributed by atoms with Gasteiger partial charge >= 0.3 is 6.18 Å². The third-order valence-electron chi connectivity index (χ3n) is 7.11. The second-order valence-corrected chi connectivity index (χ2v) is 9.87. The number of amides is 2. The van der Waals surface area contributed by atoms with E-state index in [9.17, 15) is 36.3 Å². The van der Waals surface area contributed by atoms with E-state index >= 15 is 4.39 Å². The topological polar surface area (TPSA) is 112 Å². The molecule has 0 aliphatic carbocycles. The molecule has 4 N–H and O–H groups in total.